The molecule has 1 N–H and O–H groups in total. The molecule has 1 heterocycles. The Hall–Kier alpha value is -2.04. The lowest BCUT2D eigenvalue weighted by atomic mass is 9.91. The molecule has 0 unspecified atom stereocenters. The van der Waals surface area contributed by atoms with E-state index in [2.05, 4.69) is 50.0 Å². The quantitative estimate of drug-likeness (QED) is 0.588. The van der Waals surface area contributed by atoms with Crippen LogP contribution in [0.25, 0.3) is 0 Å². The number of nitrogens with one attached hydrogen (secondary N) is 1. The van der Waals surface area contributed by atoms with E-state index in [1.807, 2.05) is 17.0 Å². The van der Waals surface area contributed by atoms with Gasteiger partial charge in [-0.05, 0) is 36.1 Å². The van der Waals surface area contributed by atoms with E-state index < -0.39 is 0 Å². The highest BCUT2D eigenvalue weighted by Crippen LogP contribution is 2.23. The minimum absolute atomic E-state index is 0.0317. The van der Waals surface area contributed by atoms with Crippen LogP contribution >= 0.6 is 0 Å². The highest BCUT2D eigenvalue weighted by molar-refractivity contribution is 5.90. The summed E-state index contributed by atoms with van der Waals surface area (Å²) >= 11 is 0. The lowest BCUT2D eigenvalue weighted by Crippen LogP contribution is -2.49. The maximum atomic E-state index is 12.4. The summed E-state index contributed by atoms with van der Waals surface area (Å²) in [6.07, 6.45) is 6.97. The smallest absolute Gasteiger partial charge is 0.224 e. The van der Waals surface area contributed by atoms with Crippen molar-refractivity contribution in [2.75, 3.05) is 36.4 Å². The van der Waals surface area contributed by atoms with Gasteiger partial charge in [-0.25, -0.2) is 0 Å². The molecule has 1 aromatic rings. The van der Waals surface area contributed by atoms with Crippen LogP contribution in [0.15, 0.2) is 24.3 Å². The molecule has 1 aromatic carbocycles. The molecule has 162 valence electrons. The fourth-order valence-corrected chi connectivity index (χ4v) is 3.65. The van der Waals surface area contributed by atoms with Crippen molar-refractivity contribution in [1.82, 2.24) is 4.90 Å². The molecular formula is C24H39N3O2. The molecule has 0 atom stereocenters. The molecule has 0 bridgehead atoms. The van der Waals surface area contributed by atoms with Crippen molar-refractivity contribution >= 4 is 23.2 Å². The van der Waals surface area contributed by atoms with E-state index in [0.717, 1.165) is 50.4 Å². The molecule has 2 amide bonds. The van der Waals surface area contributed by atoms with E-state index in [0.29, 0.717) is 12.8 Å². The number of amides is 2. The van der Waals surface area contributed by atoms with E-state index in [-0.39, 0.29) is 17.2 Å². The fraction of sp³-hybridized carbons (Fsp3) is 0.667. The summed E-state index contributed by atoms with van der Waals surface area (Å²) in [7, 11) is 0. The van der Waals surface area contributed by atoms with Gasteiger partial charge in [0.15, 0.2) is 0 Å². The summed E-state index contributed by atoms with van der Waals surface area (Å²) in [4.78, 5) is 28.8. The zero-order valence-corrected chi connectivity index (χ0v) is 18.8. The Morgan fingerprint density at radius 3 is 2.14 bits per heavy atom. The minimum Gasteiger partial charge on any atom is -0.368 e. The number of piperazine rings is 1. The zero-order chi connectivity index (χ0) is 21.3. The Kier molecular flexibility index (Phi) is 8.99. The molecule has 1 fully saturated rings. The van der Waals surface area contributed by atoms with Crippen LogP contribution in [0.1, 0.15) is 72.6 Å². The third kappa shape index (κ3) is 8.46. The van der Waals surface area contributed by atoms with E-state index in [1.165, 1.54) is 19.3 Å². The molecule has 1 saturated heterocycles. The van der Waals surface area contributed by atoms with Crippen LogP contribution in [0.3, 0.4) is 0 Å². The fourth-order valence-electron chi connectivity index (χ4n) is 3.65. The normalized spacial score (nSPS) is 14.8. The maximum absolute atomic E-state index is 12.4. The van der Waals surface area contributed by atoms with E-state index in [9.17, 15) is 9.59 Å². The number of unbranched alkanes of at least 4 members (excludes halogenated alkanes) is 4. The van der Waals surface area contributed by atoms with Gasteiger partial charge < -0.3 is 15.1 Å². The molecular weight excluding hydrogens is 362 g/mol. The number of hydrogen-bond donors (Lipinski definition) is 1. The second-order valence-electron chi connectivity index (χ2n) is 9.36. The predicted octanol–water partition coefficient (Wildman–Crippen LogP) is 5.07. The van der Waals surface area contributed by atoms with Gasteiger partial charge in [-0.1, -0.05) is 53.4 Å². The van der Waals surface area contributed by atoms with Crippen LogP contribution in [-0.4, -0.2) is 42.9 Å². The summed E-state index contributed by atoms with van der Waals surface area (Å²) in [6, 6.07) is 8.07. The molecule has 0 spiro atoms. The Bertz CT molecular complexity index is 641. The number of carbonyl (C=O) groups is 2. The van der Waals surface area contributed by atoms with Crippen molar-refractivity contribution in [3.63, 3.8) is 0 Å². The number of anilines is 2. The number of rotatable bonds is 9. The van der Waals surface area contributed by atoms with Crippen LogP contribution in [0.5, 0.6) is 0 Å². The van der Waals surface area contributed by atoms with Crippen LogP contribution < -0.4 is 10.2 Å². The van der Waals surface area contributed by atoms with Crippen molar-refractivity contribution in [2.24, 2.45) is 5.41 Å². The van der Waals surface area contributed by atoms with E-state index >= 15 is 0 Å². The summed E-state index contributed by atoms with van der Waals surface area (Å²) in [6.45, 7) is 11.7. The minimum atomic E-state index is 0.0317. The molecule has 1 aliphatic rings. The van der Waals surface area contributed by atoms with Gasteiger partial charge in [0.05, 0.1) is 0 Å². The third-order valence-electron chi connectivity index (χ3n) is 5.34. The summed E-state index contributed by atoms with van der Waals surface area (Å²) in [5.74, 6) is 0.352. The van der Waals surface area contributed by atoms with Gasteiger partial charge in [0.2, 0.25) is 11.8 Å². The Balaban J connectivity index is 1.75. The Morgan fingerprint density at radius 2 is 1.55 bits per heavy atom. The predicted molar refractivity (Wildman–Crippen MR) is 121 cm³/mol. The van der Waals surface area contributed by atoms with Gasteiger partial charge >= 0.3 is 0 Å². The molecule has 0 aliphatic carbocycles. The topological polar surface area (TPSA) is 52.7 Å². The highest BCUT2D eigenvalue weighted by atomic mass is 16.2. The first-order valence-electron chi connectivity index (χ1n) is 11.2. The van der Waals surface area contributed by atoms with Crippen LogP contribution in [0.4, 0.5) is 11.4 Å². The monoisotopic (exact) mass is 401 g/mol. The Labute approximate surface area is 176 Å². The van der Waals surface area contributed by atoms with Crippen molar-refractivity contribution in [1.29, 1.82) is 0 Å². The molecule has 5 heteroatoms. The van der Waals surface area contributed by atoms with Crippen LogP contribution in [-0.2, 0) is 9.59 Å². The molecule has 1 aliphatic heterocycles. The van der Waals surface area contributed by atoms with Crippen LogP contribution in [0, 0.1) is 5.41 Å². The molecule has 5 nitrogen and oxygen atoms in total. The number of hydrogen-bond acceptors (Lipinski definition) is 3. The average molecular weight is 402 g/mol. The SMILES string of the molecule is CCCCCCCC(=O)Nc1ccc(N2CCN(C(=O)CC(C)(C)C)CC2)cc1. The maximum Gasteiger partial charge on any atom is 0.224 e. The summed E-state index contributed by atoms with van der Waals surface area (Å²) in [5.41, 5.74) is 2.03. The molecule has 0 saturated carbocycles. The van der Waals surface area contributed by atoms with Gasteiger partial charge in [-0.15, -0.1) is 0 Å². The lowest BCUT2D eigenvalue weighted by Gasteiger charge is -2.37. The summed E-state index contributed by atoms with van der Waals surface area (Å²) in [5, 5.41) is 3.00. The highest BCUT2D eigenvalue weighted by Gasteiger charge is 2.24. The van der Waals surface area contributed by atoms with E-state index in [4.69, 9.17) is 0 Å². The molecule has 2 rings (SSSR count). The second kappa shape index (κ2) is 11.2. The molecule has 0 radical (unpaired) electrons. The first-order chi connectivity index (χ1) is 13.8. The average Bonchev–Trinajstić information content (AvgIpc) is 2.67. The third-order valence-corrected chi connectivity index (χ3v) is 5.34. The number of benzene rings is 1. The van der Waals surface area contributed by atoms with Crippen molar-refractivity contribution < 1.29 is 9.59 Å². The van der Waals surface area contributed by atoms with Crippen molar-refractivity contribution in [2.45, 2.75) is 72.6 Å². The summed E-state index contributed by atoms with van der Waals surface area (Å²) < 4.78 is 0. The van der Waals surface area contributed by atoms with Crippen molar-refractivity contribution in [3.05, 3.63) is 24.3 Å². The lowest BCUT2D eigenvalue weighted by molar-refractivity contribution is -0.133. The number of carbonyl (C=O) groups excluding carboxylic acids is 2. The van der Waals surface area contributed by atoms with E-state index in [1.54, 1.807) is 0 Å². The largest absolute Gasteiger partial charge is 0.368 e. The van der Waals surface area contributed by atoms with Gasteiger partial charge in [0.1, 0.15) is 0 Å². The first-order valence-corrected chi connectivity index (χ1v) is 11.2. The first kappa shape index (κ1) is 23.2. The molecule has 0 aromatic heterocycles. The zero-order valence-electron chi connectivity index (χ0n) is 18.8. The molecule has 29 heavy (non-hydrogen) atoms. The van der Waals surface area contributed by atoms with Crippen molar-refractivity contribution in [3.8, 4) is 0 Å². The number of nitrogens with zero attached hydrogens (tertiary/aromatic N) is 2. The van der Waals surface area contributed by atoms with Crippen LogP contribution in [0.2, 0.25) is 0 Å². The Morgan fingerprint density at radius 1 is 0.931 bits per heavy atom. The van der Waals surface area contributed by atoms with Gasteiger partial charge in [-0.3, -0.25) is 9.59 Å². The standard InChI is InChI=1S/C24H39N3O2/c1-5-6-7-8-9-10-22(28)25-20-11-13-21(14-12-20)26-15-17-27(18-16-26)23(29)19-24(2,3)4/h11-14H,5-10,15-19H2,1-4H3,(H,25,28). The van der Waals surface area contributed by atoms with Gasteiger partial charge in [-0.2, -0.15) is 0 Å². The van der Waals surface area contributed by atoms with Gasteiger partial charge in [0.25, 0.3) is 0 Å². The van der Waals surface area contributed by atoms with Gasteiger partial charge in [0, 0.05) is 50.4 Å². The second-order valence-corrected chi connectivity index (χ2v) is 9.36.